The van der Waals surface area contributed by atoms with E-state index in [-0.39, 0.29) is 22.3 Å². The van der Waals surface area contributed by atoms with E-state index in [2.05, 4.69) is 0 Å². The molecular weight excluding hydrogens is 256 g/mol. The molecule has 2 N–H and O–H groups in total. The van der Waals surface area contributed by atoms with Gasteiger partial charge in [0, 0.05) is 12.1 Å². The van der Waals surface area contributed by atoms with E-state index >= 15 is 0 Å². The van der Waals surface area contributed by atoms with Crippen LogP contribution >= 0.6 is 0 Å². The van der Waals surface area contributed by atoms with Crippen molar-refractivity contribution in [2.45, 2.75) is 23.8 Å². The van der Waals surface area contributed by atoms with Gasteiger partial charge in [0.25, 0.3) is 5.69 Å². The van der Waals surface area contributed by atoms with Crippen LogP contribution in [0.15, 0.2) is 29.2 Å². The van der Waals surface area contributed by atoms with Crippen LogP contribution in [0, 0.1) is 16.0 Å². The molecule has 1 aliphatic rings. The van der Waals surface area contributed by atoms with Gasteiger partial charge >= 0.3 is 0 Å². The fourth-order valence-corrected chi connectivity index (χ4v) is 3.58. The highest BCUT2D eigenvalue weighted by molar-refractivity contribution is 7.91. The third-order valence-electron chi connectivity index (χ3n) is 3.04. The Balaban J connectivity index is 2.31. The van der Waals surface area contributed by atoms with Gasteiger partial charge in [-0.05, 0) is 24.8 Å². The molecule has 0 saturated heterocycles. The van der Waals surface area contributed by atoms with E-state index in [1.54, 1.807) is 0 Å². The van der Waals surface area contributed by atoms with Gasteiger partial charge in [-0.2, -0.15) is 0 Å². The van der Waals surface area contributed by atoms with Crippen molar-refractivity contribution in [2.24, 2.45) is 11.7 Å². The van der Waals surface area contributed by atoms with Gasteiger partial charge in [-0.25, -0.2) is 8.42 Å². The van der Waals surface area contributed by atoms with Crippen LogP contribution in [0.25, 0.3) is 0 Å². The van der Waals surface area contributed by atoms with Gasteiger partial charge in [0.05, 0.1) is 10.7 Å². The Labute approximate surface area is 105 Å². The molecule has 1 aromatic rings. The number of rotatable bonds is 5. The third kappa shape index (κ3) is 2.68. The van der Waals surface area contributed by atoms with Crippen molar-refractivity contribution in [1.82, 2.24) is 0 Å². The Morgan fingerprint density at radius 1 is 1.39 bits per heavy atom. The van der Waals surface area contributed by atoms with Crippen LogP contribution in [-0.4, -0.2) is 25.1 Å². The van der Waals surface area contributed by atoms with Gasteiger partial charge in [-0.15, -0.1) is 0 Å². The summed E-state index contributed by atoms with van der Waals surface area (Å²) >= 11 is 0. The molecular formula is C11H14N2O4S. The summed E-state index contributed by atoms with van der Waals surface area (Å²) in [5.74, 6) is 0.00485. The molecule has 0 spiro atoms. The van der Waals surface area contributed by atoms with Crippen molar-refractivity contribution in [1.29, 1.82) is 0 Å². The molecule has 1 aromatic carbocycles. The summed E-state index contributed by atoms with van der Waals surface area (Å²) in [5.41, 5.74) is 5.39. The summed E-state index contributed by atoms with van der Waals surface area (Å²) in [6, 6.07) is 4.93. The molecule has 0 aliphatic heterocycles. The minimum atomic E-state index is -3.71. The minimum absolute atomic E-state index is 0.234. The highest BCUT2D eigenvalue weighted by Crippen LogP contribution is 2.33. The summed E-state index contributed by atoms with van der Waals surface area (Å²) in [4.78, 5) is 9.88. The van der Waals surface area contributed by atoms with Gasteiger partial charge in [0.1, 0.15) is 4.90 Å². The number of sulfone groups is 1. The molecule has 0 amide bonds. The minimum Gasteiger partial charge on any atom is -0.327 e. The highest BCUT2D eigenvalue weighted by atomic mass is 32.2. The molecule has 7 heteroatoms. The van der Waals surface area contributed by atoms with Crippen molar-refractivity contribution in [3.8, 4) is 0 Å². The first-order valence-corrected chi connectivity index (χ1v) is 7.29. The number of hydrogen-bond donors (Lipinski definition) is 1. The van der Waals surface area contributed by atoms with E-state index in [0.29, 0.717) is 0 Å². The predicted molar refractivity (Wildman–Crippen MR) is 65.8 cm³/mol. The fourth-order valence-electron chi connectivity index (χ4n) is 1.87. The van der Waals surface area contributed by atoms with Gasteiger partial charge in [0.2, 0.25) is 0 Å². The van der Waals surface area contributed by atoms with Crippen molar-refractivity contribution < 1.29 is 13.3 Å². The molecule has 18 heavy (non-hydrogen) atoms. The Kier molecular flexibility index (Phi) is 3.36. The molecule has 6 nitrogen and oxygen atoms in total. The van der Waals surface area contributed by atoms with E-state index in [4.69, 9.17) is 5.73 Å². The molecule has 1 unspecified atom stereocenters. The third-order valence-corrected chi connectivity index (χ3v) is 4.88. The smallest absolute Gasteiger partial charge is 0.287 e. The summed E-state index contributed by atoms with van der Waals surface area (Å²) in [7, 11) is -3.71. The maximum atomic E-state index is 12.1. The Morgan fingerprint density at radius 2 is 2.00 bits per heavy atom. The molecule has 0 heterocycles. The summed E-state index contributed by atoms with van der Waals surface area (Å²) < 4.78 is 24.2. The molecule has 1 aliphatic carbocycles. The zero-order valence-electron chi connectivity index (χ0n) is 9.65. The standard InChI is InChI=1S/C11H14N2O4S/c12-9(8-5-6-8)7-18(16,17)11-4-2-1-3-10(11)13(14)15/h1-4,8-9H,5-7,12H2. The van der Waals surface area contributed by atoms with Crippen molar-refractivity contribution >= 4 is 15.5 Å². The number of nitrogens with zero attached hydrogens (tertiary/aromatic N) is 1. The first kappa shape index (κ1) is 13.0. The largest absolute Gasteiger partial charge is 0.327 e. The molecule has 1 fully saturated rings. The SMILES string of the molecule is NC(CS(=O)(=O)c1ccccc1[N+](=O)[O-])C1CC1. The maximum Gasteiger partial charge on any atom is 0.287 e. The number of benzene rings is 1. The van der Waals surface area contributed by atoms with Crippen LogP contribution in [0.3, 0.4) is 0 Å². The van der Waals surface area contributed by atoms with E-state index in [0.717, 1.165) is 12.8 Å². The van der Waals surface area contributed by atoms with Crippen molar-refractivity contribution in [3.05, 3.63) is 34.4 Å². The number of nitro benzene ring substituents is 1. The number of nitrogens with two attached hydrogens (primary N) is 1. The lowest BCUT2D eigenvalue weighted by atomic mass is 10.2. The molecule has 0 radical (unpaired) electrons. The topological polar surface area (TPSA) is 103 Å². The summed E-state index contributed by atoms with van der Waals surface area (Å²) in [5, 5.41) is 10.8. The normalized spacial score (nSPS) is 17.4. The Morgan fingerprint density at radius 3 is 2.56 bits per heavy atom. The first-order valence-electron chi connectivity index (χ1n) is 5.63. The number of hydrogen-bond acceptors (Lipinski definition) is 5. The summed E-state index contributed by atoms with van der Waals surface area (Å²) in [6.45, 7) is 0. The lowest BCUT2D eigenvalue weighted by molar-refractivity contribution is -0.387. The van der Waals surface area contributed by atoms with Crippen LogP contribution in [0.2, 0.25) is 0 Å². The second-order valence-corrected chi connectivity index (χ2v) is 6.51. The zero-order valence-corrected chi connectivity index (χ0v) is 10.5. The average Bonchev–Trinajstić information content (AvgIpc) is 3.12. The number of nitro groups is 1. The Bertz CT molecular complexity index is 566. The van der Waals surface area contributed by atoms with Crippen molar-refractivity contribution in [3.63, 3.8) is 0 Å². The quantitative estimate of drug-likeness (QED) is 0.637. The van der Waals surface area contributed by atoms with Crippen LogP contribution in [0.1, 0.15) is 12.8 Å². The van der Waals surface area contributed by atoms with E-state index in [1.807, 2.05) is 0 Å². The highest BCUT2D eigenvalue weighted by Gasteiger charge is 2.34. The van der Waals surface area contributed by atoms with Gasteiger partial charge < -0.3 is 5.73 Å². The average molecular weight is 270 g/mol. The van der Waals surface area contributed by atoms with E-state index in [1.165, 1.54) is 24.3 Å². The predicted octanol–water partition coefficient (Wildman–Crippen LogP) is 1.11. The lowest BCUT2D eigenvalue weighted by Crippen LogP contribution is -2.31. The molecule has 0 aromatic heterocycles. The molecule has 0 bridgehead atoms. The summed E-state index contributed by atoms with van der Waals surface area (Å²) in [6.07, 6.45) is 1.88. The molecule has 1 saturated carbocycles. The zero-order chi connectivity index (χ0) is 13.3. The van der Waals surface area contributed by atoms with Crippen LogP contribution in [0.4, 0.5) is 5.69 Å². The lowest BCUT2D eigenvalue weighted by Gasteiger charge is -2.10. The fraction of sp³-hybridized carbons (Fsp3) is 0.455. The van der Waals surface area contributed by atoms with E-state index < -0.39 is 20.8 Å². The maximum absolute atomic E-state index is 12.1. The van der Waals surface area contributed by atoms with E-state index in [9.17, 15) is 18.5 Å². The molecule has 2 rings (SSSR count). The van der Waals surface area contributed by atoms with Gasteiger partial charge in [-0.3, -0.25) is 10.1 Å². The second kappa shape index (κ2) is 4.66. The second-order valence-electron chi connectivity index (χ2n) is 4.51. The molecule has 1 atom stereocenters. The van der Waals surface area contributed by atoms with Crippen LogP contribution in [0.5, 0.6) is 0 Å². The monoisotopic (exact) mass is 270 g/mol. The van der Waals surface area contributed by atoms with Crippen molar-refractivity contribution in [2.75, 3.05) is 5.75 Å². The van der Waals surface area contributed by atoms with Crippen LogP contribution < -0.4 is 5.73 Å². The van der Waals surface area contributed by atoms with Gasteiger partial charge in [-0.1, -0.05) is 12.1 Å². The molecule has 98 valence electrons. The number of para-hydroxylation sites is 1. The van der Waals surface area contributed by atoms with Gasteiger partial charge in [0.15, 0.2) is 9.84 Å². The Hall–Kier alpha value is -1.47. The van der Waals surface area contributed by atoms with Crippen LogP contribution in [-0.2, 0) is 9.84 Å². The first-order chi connectivity index (χ1) is 8.42.